The first kappa shape index (κ1) is 10.8. The number of carbonyl (C=O) groups excluding carboxylic acids is 1. The van der Waals surface area contributed by atoms with Gasteiger partial charge in [-0.3, -0.25) is 4.79 Å². The van der Waals surface area contributed by atoms with Gasteiger partial charge in [0, 0.05) is 11.7 Å². The summed E-state index contributed by atoms with van der Waals surface area (Å²) in [6.45, 7) is -0.412. The molecule has 0 aliphatic carbocycles. The zero-order valence-corrected chi connectivity index (χ0v) is 8.22. The highest BCUT2D eigenvalue weighted by Crippen LogP contribution is 2.23. The van der Waals surface area contributed by atoms with E-state index in [0.717, 1.165) is 17.9 Å². The summed E-state index contributed by atoms with van der Waals surface area (Å²) in [5.74, 6) is 1.90. The molecule has 0 spiro atoms. The Bertz CT molecular complexity index is 167. The van der Waals surface area contributed by atoms with E-state index in [1.807, 2.05) is 0 Å². The highest BCUT2D eigenvalue weighted by atomic mass is 32.2. The number of amides is 1. The van der Waals surface area contributed by atoms with Crippen LogP contribution < -0.4 is 5.32 Å². The number of rotatable bonds is 4. The normalized spacial score (nSPS) is 22.2. The number of hydrogen-bond donors (Lipinski definition) is 3. The first-order valence-corrected chi connectivity index (χ1v) is 5.53. The molecule has 1 heterocycles. The van der Waals surface area contributed by atoms with Crippen molar-refractivity contribution in [1.82, 2.24) is 5.32 Å². The van der Waals surface area contributed by atoms with Gasteiger partial charge in [0.1, 0.15) is 0 Å². The third kappa shape index (κ3) is 3.17. The second-order valence-corrected chi connectivity index (χ2v) is 4.28. The molecule has 1 rings (SSSR count). The monoisotopic (exact) mass is 205 g/mol. The van der Waals surface area contributed by atoms with E-state index in [4.69, 9.17) is 10.2 Å². The van der Waals surface area contributed by atoms with Gasteiger partial charge in [0.15, 0.2) is 0 Å². The Kier molecular flexibility index (Phi) is 4.55. The Hall–Kier alpha value is -0.260. The number of thioether (sulfide) groups is 1. The first-order valence-electron chi connectivity index (χ1n) is 4.37. The average molecular weight is 205 g/mol. The van der Waals surface area contributed by atoms with Crippen molar-refractivity contribution in [3.63, 3.8) is 0 Å². The van der Waals surface area contributed by atoms with Gasteiger partial charge >= 0.3 is 0 Å². The Morgan fingerprint density at radius 1 is 1.54 bits per heavy atom. The van der Waals surface area contributed by atoms with Crippen LogP contribution in [0.15, 0.2) is 0 Å². The summed E-state index contributed by atoms with van der Waals surface area (Å²) in [4.78, 5) is 11.4. The van der Waals surface area contributed by atoms with Crippen LogP contribution in [-0.2, 0) is 4.79 Å². The minimum atomic E-state index is -0.502. The summed E-state index contributed by atoms with van der Waals surface area (Å²) in [5.41, 5.74) is 0. The molecule has 1 unspecified atom stereocenters. The van der Waals surface area contributed by atoms with Crippen molar-refractivity contribution >= 4 is 17.7 Å². The lowest BCUT2D eigenvalue weighted by Crippen LogP contribution is -2.43. The van der Waals surface area contributed by atoms with E-state index in [2.05, 4.69) is 5.32 Å². The molecule has 76 valence electrons. The summed E-state index contributed by atoms with van der Waals surface area (Å²) < 4.78 is 0. The molecule has 4 nitrogen and oxygen atoms in total. The first-order chi connectivity index (χ1) is 6.27. The molecule has 1 fully saturated rings. The summed E-state index contributed by atoms with van der Waals surface area (Å²) >= 11 is 1.77. The molecule has 5 heteroatoms. The molecule has 3 N–H and O–H groups in total. The van der Waals surface area contributed by atoms with Crippen molar-refractivity contribution in [2.45, 2.75) is 12.5 Å². The smallest absolute Gasteiger partial charge is 0.224 e. The fourth-order valence-corrected chi connectivity index (χ4v) is 2.43. The molecule has 0 aromatic carbocycles. The highest BCUT2D eigenvalue weighted by molar-refractivity contribution is 7.99. The number of nitrogens with one attached hydrogen (secondary N) is 1. The van der Waals surface area contributed by atoms with Crippen LogP contribution in [-0.4, -0.2) is 46.9 Å². The van der Waals surface area contributed by atoms with Crippen molar-refractivity contribution in [1.29, 1.82) is 0 Å². The molecular weight excluding hydrogens is 190 g/mol. The summed E-state index contributed by atoms with van der Waals surface area (Å²) in [7, 11) is 0. The van der Waals surface area contributed by atoms with Gasteiger partial charge in [0.2, 0.25) is 5.91 Å². The third-order valence-electron chi connectivity index (χ3n) is 2.09. The molecule has 1 aliphatic heterocycles. The van der Waals surface area contributed by atoms with Gasteiger partial charge < -0.3 is 15.5 Å². The van der Waals surface area contributed by atoms with Crippen molar-refractivity contribution in [3.8, 4) is 0 Å². The molecule has 1 amide bonds. The zero-order chi connectivity index (χ0) is 9.68. The van der Waals surface area contributed by atoms with Crippen LogP contribution in [0, 0.1) is 5.92 Å². The molecule has 1 atom stereocenters. The maximum atomic E-state index is 11.4. The lowest BCUT2D eigenvalue weighted by atomic mass is 10.1. The van der Waals surface area contributed by atoms with E-state index in [0.29, 0.717) is 0 Å². The molecule has 0 radical (unpaired) electrons. The lowest BCUT2D eigenvalue weighted by molar-refractivity contribution is -0.125. The van der Waals surface area contributed by atoms with Gasteiger partial charge in [-0.2, -0.15) is 11.8 Å². The van der Waals surface area contributed by atoms with E-state index < -0.39 is 6.04 Å². The van der Waals surface area contributed by atoms with Gasteiger partial charge in [-0.1, -0.05) is 0 Å². The van der Waals surface area contributed by atoms with Crippen LogP contribution in [0.25, 0.3) is 0 Å². The minimum Gasteiger partial charge on any atom is -0.394 e. The van der Waals surface area contributed by atoms with E-state index in [9.17, 15) is 4.79 Å². The fraction of sp³-hybridized carbons (Fsp3) is 0.875. The predicted molar refractivity (Wildman–Crippen MR) is 51.5 cm³/mol. The second-order valence-electron chi connectivity index (χ2n) is 3.13. The summed E-state index contributed by atoms with van der Waals surface area (Å²) in [6.07, 6.45) is 0.903. The van der Waals surface area contributed by atoms with E-state index in [1.54, 1.807) is 11.8 Å². The predicted octanol–water partition coefficient (Wildman–Crippen LogP) is -0.791. The van der Waals surface area contributed by atoms with Crippen molar-refractivity contribution in [2.24, 2.45) is 5.92 Å². The van der Waals surface area contributed by atoms with Crippen molar-refractivity contribution in [3.05, 3.63) is 0 Å². The van der Waals surface area contributed by atoms with Crippen molar-refractivity contribution in [2.75, 3.05) is 24.7 Å². The third-order valence-corrected chi connectivity index (χ3v) is 3.25. The molecule has 1 aliphatic rings. The molecule has 0 bridgehead atoms. The largest absolute Gasteiger partial charge is 0.394 e. The Morgan fingerprint density at radius 2 is 2.23 bits per heavy atom. The van der Waals surface area contributed by atoms with Gasteiger partial charge in [0.05, 0.1) is 19.3 Å². The quantitative estimate of drug-likeness (QED) is 0.562. The van der Waals surface area contributed by atoms with Gasteiger partial charge in [0.25, 0.3) is 0 Å². The number of carbonyl (C=O) groups is 1. The number of aliphatic hydroxyl groups is 2. The lowest BCUT2D eigenvalue weighted by Gasteiger charge is -2.15. The van der Waals surface area contributed by atoms with Crippen LogP contribution >= 0.6 is 11.8 Å². The average Bonchev–Trinajstić information content (AvgIpc) is 2.66. The molecular formula is C8H15NO3S. The maximum Gasteiger partial charge on any atom is 0.224 e. The fourth-order valence-electron chi connectivity index (χ4n) is 1.21. The van der Waals surface area contributed by atoms with Gasteiger partial charge in [-0.15, -0.1) is 0 Å². The van der Waals surface area contributed by atoms with Crippen LogP contribution in [0.1, 0.15) is 6.42 Å². The standard InChI is InChI=1S/C8H15NO3S/c10-3-7(4-11)9-8(12)6-1-2-13-5-6/h6-7,10-11H,1-5H2,(H,9,12). The Morgan fingerprint density at radius 3 is 2.69 bits per heavy atom. The highest BCUT2D eigenvalue weighted by Gasteiger charge is 2.24. The van der Waals surface area contributed by atoms with Gasteiger partial charge in [-0.05, 0) is 12.2 Å². The zero-order valence-electron chi connectivity index (χ0n) is 7.40. The number of hydrogen-bond acceptors (Lipinski definition) is 4. The molecule has 1 saturated heterocycles. The van der Waals surface area contributed by atoms with Crippen molar-refractivity contribution < 1.29 is 15.0 Å². The second kappa shape index (κ2) is 5.47. The minimum absolute atomic E-state index is 0.0434. The van der Waals surface area contributed by atoms with Gasteiger partial charge in [-0.25, -0.2) is 0 Å². The topological polar surface area (TPSA) is 69.6 Å². The van der Waals surface area contributed by atoms with Crippen LogP contribution in [0.4, 0.5) is 0 Å². The van der Waals surface area contributed by atoms with Crippen LogP contribution in [0.3, 0.4) is 0 Å². The summed E-state index contributed by atoms with van der Waals surface area (Å²) in [5, 5.41) is 20.1. The maximum absolute atomic E-state index is 11.4. The van der Waals surface area contributed by atoms with Crippen LogP contribution in [0.2, 0.25) is 0 Å². The Balaban J connectivity index is 2.30. The number of aliphatic hydroxyl groups excluding tert-OH is 2. The van der Waals surface area contributed by atoms with E-state index in [-0.39, 0.29) is 25.0 Å². The molecule has 13 heavy (non-hydrogen) atoms. The van der Waals surface area contributed by atoms with E-state index in [1.165, 1.54) is 0 Å². The summed E-state index contributed by atoms with van der Waals surface area (Å²) in [6, 6.07) is -0.502. The SMILES string of the molecule is O=C(NC(CO)CO)C1CCSC1. The Labute approximate surface area is 81.7 Å². The molecule has 0 aromatic rings. The molecule has 0 saturated carbocycles. The molecule has 0 aromatic heterocycles. The van der Waals surface area contributed by atoms with E-state index >= 15 is 0 Å². The van der Waals surface area contributed by atoms with Crippen LogP contribution in [0.5, 0.6) is 0 Å².